The number of hydroxylamine groups is 2. The molecule has 0 radical (unpaired) electrons. The monoisotopic (exact) mass is 523 g/mol. The number of ether oxygens (including phenoxy) is 4. The molecule has 13 nitrogen and oxygen atoms in total. The van der Waals surface area contributed by atoms with Gasteiger partial charge in [-0.3, -0.25) is 14.4 Å². The molecule has 0 aromatic carbocycles. The van der Waals surface area contributed by atoms with E-state index in [4.69, 9.17) is 28.6 Å². The predicted octanol–water partition coefficient (Wildman–Crippen LogP) is 0.221. The van der Waals surface area contributed by atoms with Gasteiger partial charge in [0.1, 0.15) is 12.8 Å². The molecule has 1 fully saturated rings. The van der Waals surface area contributed by atoms with Crippen molar-refractivity contribution in [3.8, 4) is 0 Å². The highest BCUT2D eigenvalue weighted by Gasteiger charge is 2.32. The van der Waals surface area contributed by atoms with E-state index in [1.165, 1.54) is 7.11 Å². The third-order valence-corrected chi connectivity index (χ3v) is 4.83. The minimum atomic E-state index is -0.708. The number of hydrogen-bond acceptors (Lipinski definition) is 11. The highest BCUT2D eigenvalue weighted by atomic mass is 16.7. The van der Waals surface area contributed by atoms with E-state index in [1.807, 2.05) is 0 Å². The summed E-state index contributed by atoms with van der Waals surface area (Å²) in [6.07, 6.45) is 4.97. The molecule has 3 amide bonds. The van der Waals surface area contributed by atoms with Gasteiger partial charge in [0.2, 0.25) is 0 Å². The van der Waals surface area contributed by atoms with Crippen LogP contribution in [0.2, 0.25) is 0 Å². The lowest BCUT2D eigenvalue weighted by Gasteiger charge is -2.12. The maximum absolute atomic E-state index is 12.2. The number of hydrogen-bond donors (Lipinski definition) is 1. The summed E-state index contributed by atoms with van der Waals surface area (Å²) in [5.74, 6) is -1.97. The summed E-state index contributed by atoms with van der Waals surface area (Å²) < 4.78 is 21.4. The molecule has 37 heavy (non-hydrogen) atoms. The van der Waals surface area contributed by atoms with Gasteiger partial charge in [0.15, 0.2) is 0 Å². The molecule has 0 saturated carbocycles. The number of carbonyl (C=O) groups is 4. The molecule has 0 spiro atoms. The van der Waals surface area contributed by atoms with Crippen molar-refractivity contribution in [1.29, 1.82) is 0 Å². The zero-order valence-corrected chi connectivity index (χ0v) is 20.9. The Labute approximate surface area is 214 Å². The lowest BCUT2D eigenvalue weighted by molar-refractivity contribution is -0.198. The van der Waals surface area contributed by atoms with Gasteiger partial charge in [-0.2, -0.15) is 0 Å². The molecule has 2 aliphatic rings. The number of oxime groups is 1. The lowest BCUT2D eigenvalue weighted by Crippen LogP contribution is -2.32. The second-order valence-corrected chi connectivity index (χ2v) is 7.62. The molecule has 1 heterocycles. The molecular weight excluding hydrogens is 490 g/mol. The quantitative estimate of drug-likeness (QED) is 0.150. The van der Waals surface area contributed by atoms with Crippen molar-refractivity contribution in [2.45, 2.75) is 19.3 Å². The van der Waals surface area contributed by atoms with Crippen LogP contribution >= 0.6 is 0 Å². The van der Waals surface area contributed by atoms with E-state index in [0.717, 1.165) is 0 Å². The van der Waals surface area contributed by atoms with Crippen LogP contribution in [-0.2, 0) is 47.8 Å². The van der Waals surface area contributed by atoms with Crippen molar-refractivity contribution < 1.29 is 47.8 Å². The molecule has 0 aromatic rings. The zero-order valence-electron chi connectivity index (χ0n) is 20.9. The molecule has 0 atom stereocenters. The van der Waals surface area contributed by atoms with Crippen molar-refractivity contribution in [3.05, 3.63) is 36.0 Å². The Morgan fingerprint density at radius 3 is 2.05 bits per heavy atom. The summed E-state index contributed by atoms with van der Waals surface area (Å²) >= 11 is 0. The lowest BCUT2D eigenvalue weighted by atomic mass is 10.0. The number of allylic oxidation sites excluding steroid dienone is 3. The highest BCUT2D eigenvalue weighted by molar-refractivity contribution is 6.14. The highest BCUT2D eigenvalue weighted by Crippen LogP contribution is 2.13. The molecule has 0 unspecified atom stereocenters. The molecule has 0 aromatic heterocycles. The van der Waals surface area contributed by atoms with Gasteiger partial charge >= 0.3 is 5.97 Å². The van der Waals surface area contributed by atoms with Crippen LogP contribution < -0.4 is 5.32 Å². The second-order valence-electron chi connectivity index (χ2n) is 7.62. The van der Waals surface area contributed by atoms with E-state index < -0.39 is 17.8 Å². The first-order chi connectivity index (χ1) is 17.9. The van der Waals surface area contributed by atoms with Crippen molar-refractivity contribution in [2.75, 3.05) is 66.5 Å². The van der Waals surface area contributed by atoms with Crippen LogP contribution in [0.3, 0.4) is 0 Å². The topological polar surface area (TPSA) is 151 Å². The Balaban J connectivity index is 1.34. The maximum atomic E-state index is 12.2. The molecule has 204 valence electrons. The predicted molar refractivity (Wildman–Crippen MR) is 129 cm³/mol. The summed E-state index contributed by atoms with van der Waals surface area (Å²) in [6.45, 7) is 6.71. The summed E-state index contributed by atoms with van der Waals surface area (Å²) in [5, 5.41) is 7.07. The van der Waals surface area contributed by atoms with Crippen LogP contribution in [-0.4, -0.2) is 101 Å². The number of carbonyl (C=O) groups excluding carboxylic acids is 4. The van der Waals surface area contributed by atoms with Gasteiger partial charge in [-0.05, 0) is 23.8 Å². The van der Waals surface area contributed by atoms with E-state index in [9.17, 15) is 19.2 Å². The second kappa shape index (κ2) is 17.1. The Bertz CT molecular complexity index is 896. The van der Waals surface area contributed by atoms with E-state index in [2.05, 4.69) is 17.1 Å². The maximum Gasteiger partial charge on any atom is 0.335 e. The fourth-order valence-electron chi connectivity index (χ4n) is 2.98. The normalized spacial score (nSPS) is 16.4. The third kappa shape index (κ3) is 11.5. The van der Waals surface area contributed by atoms with Crippen LogP contribution in [0.15, 0.2) is 41.1 Å². The number of amides is 3. The van der Waals surface area contributed by atoms with Crippen molar-refractivity contribution in [2.24, 2.45) is 5.16 Å². The first-order valence-corrected chi connectivity index (χ1v) is 11.8. The van der Waals surface area contributed by atoms with Gasteiger partial charge < -0.3 is 33.9 Å². The van der Waals surface area contributed by atoms with E-state index in [0.29, 0.717) is 68.1 Å². The van der Waals surface area contributed by atoms with Gasteiger partial charge in [0, 0.05) is 25.0 Å². The van der Waals surface area contributed by atoms with Gasteiger partial charge in [0.25, 0.3) is 17.7 Å². The largest absolute Gasteiger partial charge is 0.399 e. The zero-order chi connectivity index (χ0) is 26.9. The van der Waals surface area contributed by atoms with E-state index in [1.54, 1.807) is 18.2 Å². The van der Waals surface area contributed by atoms with Crippen molar-refractivity contribution in [3.63, 3.8) is 0 Å². The van der Waals surface area contributed by atoms with Crippen LogP contribution in [0.4, 0.5) is 0 Å². The smallest absolute Gasteiger partial charge is 0.335 e. The van der Waals surface area contributed by atoms with Crippen LogP contribution in [0.25, 0.3) is 0 Å². The molecule has 0 bridgehead atoms. The first kappa shape index (κ1) is 29.8. The summed E-state index contributed by atoms with van der Waals surface area (Å²) in [7, 11) is 1.44. The van der Waals surface area contributed by atoms with E-state index >= 15 is 0 Å². The molecule has 1 aliphatic heterocycles. The van der Waals surface area contributed by atoms with Crippen LogP contribution in [0.1, 0.15) is 19.3 Å². The van der Waals surface area contributed by atoms with Crippen LogP contribution in [0, 0.1) is 0 Å². The number of nitrogens with one attached hydrogen (secondary N) is 1. The average Bonchev–Trinajstić information content (AvgIpc) is 3.19. The summed E-state index contributed by atoms with van der Waals surface area (Å²) in [5.41, 5.74) is 1.63. The molecule has 1 N–H and O–H groups in total. The Kier molecular flexibility index (Phi) is 13.8. The first-order valence-electron chi connectivity index (χ1n) is 11.8. The molecule has 13 heteroatoms. The molecule has 1 saturated heterocycles. The molecule has 1 aliphatic carbocycles. The SMILES string of the molecule is C=C1C=C(C(=O)NCCOCCOCCOCCOCCC(=O)ON2C(=O)CCC2=O)C=C/C1=N/OC. The molecule has 2 rings (SSSR count). The molecular formula is C24H33N3O10. The van der Waals surface area contributed by atoms with Crippen molar-refractivity contribution >= 4 is 29.4 Å². The summed E-state index contributed by atoms with van der Waals surface area (Å²) in [6, 6.07) is 0. The Morgan fingerprint density at radius 2 is 1.49 bits per heavy atom. The van der Waals surface area contributed by atoms with Gasteiger partial charge in [-0.15, -0.1) is 5.06 Å². The van der Waals surface area contributed by atoms with Crippen LogP contribution in [0.5, 0.6) is 0 Å². The standard InChI is InChI=1S/C24H33N3O10/c1-18-17-19(3-4-20(18)26-32-2)24(31)25-8-10-34-12-14-36-16-15-35-13-11-33-9-7-23(30)37-27-21(28)5-6-22(27)29/h3-4,17H,1,5-16H2,2H3,(H,25,31)/b26-20-. The van der Waals surface area contributed by atoms with E-state index in [-0.39, 0.29) is 38.4 Å². The summed E-state index contributed by atoms with van der Waals surface area (Å²) in [4.78, 5) is 55.9. The van der Waals surface area contributed by atoms with Gasteiger partial charge in [-0.25, -0.2) is 4.79 Å². The minimum Gasteiger partial charge on any atom is -0.399 e. The third-order valence-electron chi connectivity index (χ3n) is 4.83. The fraction of sp³-hybridized carbons (Fsp3) is 0.542. The number of rotatable bonds is 18. The van der Waals surface area contributed by atoms with Gasteiger partial charge in [-0.1, -0.05) is 11.7 Å². The van der Waals surface area contributed by atoms with Gasteiger partial charge in [0.05, 0.1) is 59.3 Å². The number of imide groups is 1. The average molecular weight is 524 g/mol. The fourth-order valence-corrected chi connectivity index (χ4v) is 2.98. The number of nitrogens with zero attached hydrogens (tertiary/aromatic N) is 2. The van der Waals surface area contributed by atoms with Crippen molar-refractivity contribution in [1.82, 2.24) is 10.4 Å². The Morgan fingerprint density at radius 1 is 0.919 bits per heavy atom. The Hall–Kier alpha value is -3.39. The minimum absolute atomic E-state index is 0.0541.